The van der Waals surface area contributed by atoms with Crippen LogP contribution < -0.4 is 0 Å². The molecule has 3 amide bonds. The van der Waals surface area contributed by atoms with Crippen molar-refractivity contribution in [2.24, 2.45) is 0 Å². The number of ether oxygens (including phenoxy) is 1. The number of fused-ring (bicyclic) bond motifs is 1. The van der Waals surface area contributed by atoms with Gasteiger partial charge in [0.15, 0.2) is 0 Å². The third kappa shape index (κ3) is 6.81. The Labute approximate surface area is 252 Å². The van der Waals surface area contributed by atoms with Crippen molar-refractivity contribution in [2.75, 3.05) is 26.2 Å². The average Bonchev–Trinajstić information content (AvgIpc) is 2.98. The fourth-order valence-corrected chi connectivity index (χ4v) is 6.16. The number of carbonyl (C=O) groups is 3. The molecule has 1 saturated carbocycles. The average molecular weight is 589 g/mol. The molecule has 0 spiro atoms. The Morgan fingerprint density at radius 2 is 1.77 bits per heavy atom. The van der Waals surface area contributed by atoms with E-state index >= 15 is 0 Å². The van der Waals surface area contributed by atoms with Gasteiger partial charge in [-0.05, 0) is 58.7 Å². The summed E-state index contributed by atoms with van der Waals surface area (Å²) < 4.78 is 20.2. The zero-order chi connectivity index (χ0) is 30.7. The third-order valence-electron chi connectivity index (χ3n) is 8.25. The Morgan fingerprint density at radius 3 is 2.42 bits per heavy atom. The van der Waals surface area contributed by atoms with Crippen LogP contribution in [0.3, 0.4) is 0 Å². The van der Waals surface area contributed by atoms with Gasteiger partial charge in [-0.3, -0.25) is 14.5 Å². The van der Waals surface area contributed by atoms with E-state index in [0.717, 1.165) is 37.7 Å². The summed E-state index contributed by atoms with van der Waals surface area (Å²) in [4.78, 5) is 50.7. The number of piperazine rings is 1. The molecule has 3 aromatic rings. The zero-order valence-corrected chi connectivity index (χ0v) is 25.6. The molecule has 2 fully saturated rings. The maximum absolute atomic E-state index is 14.8. The van der Waals surface area contributed by atoms with Gasteiger partial charge in [0.1, 0.15) is 18.0 Å². The summed E-state index contributed by atoms with van der Waals surface area (Å²) in [5, 5.41) is 0.439. The Balaban J connectivity index is 1.59. The first-order valence-corrected chi connectivity index (χ1v) is 15.3. The van der Waals surface area contributed by atoms with Crippen LogP contribution in [0.5, 0.6) is 0 Å². The quantitative estimate of drug-likeness (QED) is 0.332. The first-order valence-electron chi connectivity index (χ1n) is 15.3. The van der Waals surface area contributed by atoms with Crippen molar-refractivity contribution in [3.8, 4) is 11.3 Å². The highest BCUT2D eigenvalue weighted by molar-refractivity contribution is 6.09. The number of benzene rings is 2. The SMILES string of the molecule is CCN(C(=O)c1c(CN2CCN(C(=O)OC(C)(C)C)CC2=O)c(-c2ccccc2)nc2ccc(F)cc12)C1CCCCC1. The predicted molar refractivity (Wildman–Crippen MR) is 164 cm³/mol. The lowest BCUT2D eigenvalue weighted by Gasteiger charge is -2.37. The summed E-state index contributed by atoms with van der Waals surface area (Å²) in [6.45, 7) is 8.40. The lowest BCUT2D eigenvalue weighted by Crippen LogP contribution is -2.53. The number of hydrogen-bond acceptors (Lipinski definition) is 5. The number of nitrogens with zero attached hydrogens (tertiary/aromatic N) is 4. The van der Waals surface area contributed by atoms with E-state index in [1.165, 1.54) is 17.0 Å². The maximum Gasteiger partial charge on any atom is 0.410 e. The van der Waals surface area contributed by atoms with E-state index in [-0.39, 0.29) is 37.5 Å². The zero-order valence-electron chi connectivity index (χ0n) is 25.6. The monoisotopic (exact) mass is 588 g/mol. The minimum Gasteiger partial charge on any atom is -0.444 e. The summed E-state index contributed by atoms with van der Waals surface area (Å²) in [6, 6.07) is 14.0. The second-order valence-corrected chi connectivity index (χ2v) is 12.4. The molecule has 43 heavy (non-hydrogen) atoms. The van der Waals surface area contributed by atoms with E-state index in [1.807, 2.05) is 42.2 Å². The van der Waals surface area contributed by atoms with Crippen LogP contribution in [-0.4, -0.2) is 75.4 Å². The Hall–Kier alpha value is -4.01. The summed E-state index contributed by atoms with van der Waals surface area (Å²) in [7, 11) is 0. The fourth-order valence-electron chi connectivity index (χ4n) is 6.16. The predicted octanol–water partition coefficient (Wildman–Crippen LogP) is 6.42. The van der Waals surface area contributed by atoms with Crippen LogP contribution in [0.15, 0.2) is 48.5 Å². The van der Waals surface area contributed by atoms with Crippen LogP contribution in [0.1, 0.15) is 75.7 Å². The molecular weight excluding hydrogens is 547 g/mol. The molecule has 9 heteroatoms. The smallest absolute Gasteiger partial charge is 0.410 e. The van der Waals surface area contributed by atoms with Gasteiger partial charge < -0.3 is 14.5 Å². The van der Waals surface area contributed by atoms with E-state index in [0.29, 0.717) is 40.8 Å². The normalized spacial score (nSPS) is 16.4. The largest absolute Gasteiger partial charge is 0.444 e. The van der Waals surface area contributed by atoms with Crippen molar-refractivity contribution >= 4 is 28.8 Å². The number of pyridine rings is 1. The molecule has 5 rings (SSSR count). The fraction of sp³-hybridized carbons (Fsp3) is 0.471. The van der Waals surface area contributed by atoms with Crippen LogP contribution in [0.25, 0.3) is 22.2 Å². The topological polar surface area (TPSA) is 83.0 Å². The molecule has 0 radical (unpaired) electrons. The van der Waals surface area contributed by atoms with Gasteiger partial charge in [-0.2, -0.15) is 0 Å². The van der Waals surface area contributed by atoms with E-state index in [9.17, 15) is 18.8 Å². The van der Waals surface area contributed by atoms with Gasteiger partial charge >= 0.3 is 6.09 Å². The van der Waals surface area contributed by atoms with Crippen LogP contribution in [0.4, 0.5) is 9.18 Å². The number of halogens is 1. The van der Waals surface area contributed by atoms with Crippen molar-refractivity contribution < 1.29 is 23.5 Å². The molecule has 0 unspecified atom stereocenters. The molecule has 1 aliphatic heterocycles. The van der Waals surface area contributed by atoms with E-state index < -0.39 is 17.5 Å². The molecule has 1 saturated heterocycles. The van der Waals surface area contributed by atoms with Crippen molar-refractivity contribution in [1.29, 1.82) is 0 Å². The highest BCUT2D eigenvalue weighted by Gasteiger charge is 2.34. The minimum atomic E-state index is -0.674. The van der Waals surface area contributed by atoms with Crippen LogP contribution in [0.2, 0.25) is 0 Å². The molecule has 0 atom stereocenters. The van der Waals surface area contributed by atoms with Gasteiger partial charge in [0, 0.05) is 48.7 Å². The van der Waals surface area contributed by atoms with Crippen LogP contribution in [-0.2, 0) is 16.1 Å². The Kier molecular flexibility index (Phi) is 8.99. The van der Waals surface area contributed by atoms with Gasteiger partial charge in [-0.1, -0.05) is 49.6 Å². The first-order chi connectivity index (χ1) is 20.6. The standard InChI is InChI=1S/C34H41FN4O4/c1-5-39(25-14-10-7-11-15-25)32(41)30-26-20-24(35)16-17-28(26)36-31(23-12-8-6-9-13-23)27(30)21-37-18-19-38(22-29(37)40)33(42)43-34(2,3)4/h6,8-9,12-13,16-17,20,25H,5,7,10-11,14-15,18-19,21-22H2,1-4H3. The van der Waals surface area contributed by atoms with Gasteiger partial charge in [-0.25, -0.2) is 14.2 Å². The van der Waals surface area contributed by atoms with E-state index in [4.69, 9.17) is 9.72 Å². The summed E-state index contributed by atoms with van der Waals surface area (Å²) >= 11 is 0. The molecular formula is C34H41FN4O4. The molecule has 1 aromatic heterocycles. The van der Waals surface area contributed by atoms with Crippen LogP contribution in [0, 0.1) is 5.82 Å². The van der Waals surface area contributed by atoms with Gasteiger partial charge in [0.05, 0.1) is 16.8 Å². The number of aromatic nitrogens is 1. The molecule has 2 heterocycles. The number of amides is 3. The van der Waals surface area contributed by atoms with Gasteiger partial charge in [-0.15, -0.1) is 0 Å². The summed E-state index contributed by atoms with van der Waals surface area (Å²) in [5.74, 6) is -0.877. The summed E-state index contributed by atoms with van der Waals surface area (Å²) in [6.07, 6.45) is 4.63. The molecule has 0 bridgehead atoms. The van der Waals surface area contributed by atoms with Crippen LogP contribution >= 0.6 is 0 Å². The van der Waals surface area contributed by atoms with Crippen molar-refractivity contribution in [1.82, 2.24) is 19.7 Å². The lowest BCUT2D eigenvalue weighted by atomic mass is 9.91. The highest BCUT2D eigenvalue weighted by atomic mass is 19.1. The van der Waals surface area contributed by atoms with Crippen molar-refractivity contribution in [2.45, 2.75) is 78.0 Å². The molecule has 2 aromatic carbocycles. The molecule has 1 aliphatic carbocycles. The Bertz CT molecular complexity index is 1500. The first kappa shape index (κ1) is 30.4. The lowest BCUT2D eigenvalue weighted by molar-refractivity contribution is -0.136. The van der Waals surface area contributed by atoms with E-state index in [1.54, 1.807) is 31.7 Å². The maximum atomic E-state index is 14.8. The van der Waals surface area contributed by atoms with E-state index in [2.05, 4.69) is 0 Å². The van der Waals surface area contributed by atoms with Gasteiger partial charge in [0.2, 0.25) is 5.91 Å². The van der Waals surface area contributed by atoms with Crippen molar-refractivity contribution in [3.63, 3.8) is 0 Å². The molecule has 228 valence electrons. The van der Waals surface area contributed by atoms with Gasteiger partial charge in [0.25, 0.3) is 5.91 Å². The van der Waals surface area contributed by atoms with Crippen molar-refractivity contribution in [3.05, 3.63) is 65.5 Å². The summed E-state index contributed by atoms with van der Waals surface area (Å²) in [5.41, 5.74) is 2.21. The number of hydrogen-bond donors (Lipinski definition) is 0. The minimum absolute atomic E-state index is 0.105. The molecule has 0 N–H and O–H groups in total. The number of carbonyl (C=O) groups excluding carboxylic acids is 3. The third-order valence-corrected chi connectivity index (χ3v) is 8.25. The second-order valence-electron chi connectivity index (χ2n) is 12.4. The molecule has 8 nitrogen and oxygen atoms in total. The second kappa shape index (κ2) is 12.7. The molecule has 2 aliphatic rings. The number of rotatable bonds is 6. The Morgan fingerprint density at radius 1 is 1.05 bits per heavy atom. The highest BCUT2D eigenvalue weighted by Crippen LogP contribution is 2.34.